The monoisotopic (exact) mass is 270 g/mol. The fraction of sp³-hybridized carbons (Fsp3) is 0. The average Bonchev–Trinajstić information content (AvgIpc) is 2.81. The van der Waals surface area contributed by atoms with E-state index in [1.807, 2.05) is 0 Å². The molecule has 0 aliphatic heterocycles. The Kier molecular flexibility index (Phi) is 2.31. The lowest BCUT2D eigenvalue weighted by Crippen LogP contribution is -1.83. The Morgan fingerprint density at radius 2 is 2.12 bits per heavy atom. The summed E-state index contributed by atoms with van der Waals surface area (Å²) in [5, 5.41) is 14.0. The number of hydrogen-bond donors (Lipinski definition) is 0. The lowest BCUT2D eigenvalue weighted by atomic mass is 10.2. The van der Waals surface area contributed by atoms with Crippen LogP contribution in [0.4, 0.5) is 0 Å². The van der Waals surface area contributed by atoms with E-state index in [4.69, 9.17) is 23.2 Å². The van der Waals surface area contributed by atoms with Gasteiger partial charge in [0.1, 0.15) is 11.3 Å². The van der Waals surface area contributed by atoms with Crippen LogP contribution in [0, 0.1) is 0 Å². The maximum absolute atomic E-state index is 6.09. The van der Waals surface area contributed by atoms with Crippen LogP contribution in [0.3, 0.4) is 0 Å². The van der Waals surface area contributed by atoms with Crippen LogP contribution in [0.15, 0.2) is 24.5 Å². The van der Waals surface area contributed by atoms with Crippen molar-refractivity contribution in [1.82, 2.24) is 19.8 Å². The zero-order chi connectivity index (χ0) is 11.1. The van der Waals surface area contributed by atoms with E-state index in [1.165, 1.54) is 11.3 Å². The zero-order valence-electron chi connectivity index (χ0n) is 7.76. The maximum Gasteiger partial charge on any atom is 0.234 e. The number of aromatic nitrogens is 4. The molecule has 0 unspecified atom stereocenters. The molecule has 3 rings (SSSR count). The Bertz CT molecular complexity index is 632. The fourth-order valence-corrected chi connectivity index (χ4v) is 2.62. The number of hydrogen-bond acceptors (Lipinski definition) is 4. The van der Waals surface area contributed by atoms with E-state index in [9.17, 15) is 0 Å². The summed E-state index contributed by atoms with van der Waals surface area (Å²) in [5.41, 5.74) is 0.810. The van der Waals surface area contributed by atoms with Crippen molar-refractivity contribution in [2.45, 2.75) is 0 Å². The predicted molar refractivity (Wildman–Crippen MR) is 64.1 cm³/mol. The molecule has 3 aromatic rings. The normalized spacial score (nSPS) is 11.1. The Morgan fingerprint density at radius 3 is 2.94 bits per heavy atom. The topological polar surface area (TPSA) is 43.1 Å². The van der Waals surface area contributed by atoms with Crippen LogP contribution in [0.2, 0.25) is 10.0 Å². The Morgan fingerprint density at radius 1 is 1.25 bits per heavy atom. The van der Waals surface area contributed by atoms with Gasteiger partial charge in [0.2, 0.25) is 4.96 Å². The van der Waals surface area contributed by atoms with Crippen LogP contribution in [0.25, 0.3) is 15.5 Å². The van der Waals surface area contributed by atoms with Crippen LogP contribution >= 0.6 is 34.5 Å². The summed E-state index contributed by atoms with van der Waals surface area (Å²) < 4.78 is 1.61. The van der Waals surface area contributed by atoms with E-state index in [-0.39, 0.29) is 0 Å². The molecule has 7 heteroatoms. The van der Waals surface area contributed by atoms with Crippen molar-refractivity contribution >= 4 is 39.5 Å². The van der Waals surface area contributed by atoms with Gasteiger partial charge in [-0.25, -0.2) is 0 Å². The van der Waals surface area contributed by atoms with E-state index in [0.29, 0.717) is 10.0 Å². The molecule has 0 saturated carbocycles. The molecule has 0 aliphatic rings. The summed E-state index contributed by atoms with van der Waals surface area (Å²) in [6.07, 6.45) is 1.55. The van der Waals surface area contributed by atoms with Crippen LogP contribution < -0.4 is 0 Å². The second kappa shape index (κ2) is 3.69. The van der Waals surface area contributed by atoms with Crippen molar-refractivity contribution < 1.29 is 0 Å². The molecule has 2 heterocycles. The van der Waals surface area contributed by atoms with E-state index < -0.39 is 0 Å². The van der Waals surface area contributed by atoms with E-state index in [1.54, 1.807) is 29.0 Å². The third-order valence-corrected chi connectivity index (χ3v) is 3.56. The molecule has 1 aromatic carbocycles. The lowest BCUT2D eigenvalue weighted by molar-refractivity contribution is 0.960. The molecule has 0 saturated heterocycles. The highest BCUT2D eigenvalue weighted by Crippen LogP contribution is 2.32. The average molecular weight is 271 g/mol. The molecule has 2 aromatic heterocycles. The largest absolute Gasteiger partial charge is 0.234 e. The SMILES string of the molecule is Clc1ccc(Cl)c(-c2nn3cnnc3s2)c1. The van der Waals surface area contributed by atoms with Gasteiger partial charge >= 0.3 is 0 Å². The van der Waals surface area contributed by atoms with Gasteiger partial charge in [-0.2, -0.15) is 9.61 Å². The summed E-state index contributed by atoms with van der Waals surface area (Å²) in [6, 6.07) is 5.28. The minimum absolute atomic E-state index is 0.620. The molecular weight excluding hydrogens is 267 g/mol. The number of halogens is 2. The van der Waals surface area contributed by atoms with Crippen molar-refractivity contribution in [2.24, 2.45) is 0 Å². The first-order valence-corrected chi connectivity index (χ1v) is 5.93. The van der Waals surface area contributed by atoms with Crippen LogP contribution in [0.5, 0.6) is 0 Å². The predicted octanol–water partition coefficient (Wildman–Crippen LogP) is 3.16. The molecule has 0 spiro atoms. The summed E-state index contributed by atoms with van der Waals surface area (Å²) >= 11 is 13.4. The van der Waals surface area contributed by atoms with Gasteiger partial charge in [0.15, 0.2) is 0 Å². The molecular formula is C9H4Cl2N4S. The molecule has 0 aliphatic carbocycles. The summed E-state index contributed by atoms with van der Waals surface area (Å²) in [6.45, 7) is 0. The zero-order valence-corrected chi connectivity index (χ0v) is 10.1. The molecule has 80 valence electrons. The lowest BCUT2D eigenvalue weighted by Gasteiger charge is -1.99. The molecule has 0 bridgehead atoms. The van der Waals surface area contributed by atoms with E-state index in [2.05, 4.69) is 15.3 Å². The summed E-state index contributed by atoms with van der Waals surface area (Å²) in [5.74, 6) is 0. The van der Waals surface area contributed by atoms with Crippen molar-refractivity contribution in [3.05, 3.63) is 34.6 Å². The minimum atomic E-state index is 0.620. The van der Waals surface area contributed by atoms with E-state index in [0.717, 1.165) is 15.5 Å². The van der Waals surface area contributed by atoms with Gasteiger partial charge in [-0.15, -0.1) is 10.2 Å². The quantitative estimate of drug-likeness (QED) is 0.682. The summed E-state index contributed by atoms with van der Waals surface area (Å²) in [4.78, 5) is 0.728. The van der Waals surface area contributed by atoms with Crippen LogP contribution in [-0.4, -0.2) is 19.8 Å². The third kappa shape index (κ3) is 1.57. The van der Waals surface area contributed by atoms with Crippen molar-refractivity contribution in [3.8, 4) is 10.6 Å². The van der Waals surface area contributed by atoms with Gasteiger partial charge in [0.05, 0.1) is 5.02 Å². The molecule has 0 atom stereocenters. The van der Waals surface area contributed by atoms with Gasteiger partial charge < -0.3 is 0 Å². The highest BCUT2D eigenvalue weighted by atomic mass is 35.5. The molecule has 4 nitrogen and oxygen atoms in total. The first kappa shape index (κ1) is 10.0. The number of nitrogens with zero attached hydrogens (tertiary/aromatic N) is 4. The highest BCUT2D eigenvalue weighted by molar-refractivity contribution is 7.19. The van der Waals surface area contributed by atoms with Crippen LogP contribution in [0.1, 0.15) is 0 Å². The summed E-state index contributed by atoms with van der Waals surface area (Å²) in [7, 11) is 0. The van der Waals surface area contributed by atoms with Crippen molar-refractivity contribution in [2.75, 3.05) is 0 Å². The molecule has 0 amide bonds. The van der Waals surface area contributed by atoms with Crippen LogP contribution in [-0.2, 0) is 0 Å². The van der Waals surface area contributed by atoms with Gasteiger partial charge in [0.25, 0.3) is 0 Å². The van der Waals surface area contributed by atoms with Gasteiger partial charge in [-0.05, 0) is 18.2 Å². The second-order valence-corrected chi connectivity index (χ2v) is 4.89. The number of rotatable bonds is 1. The number of benzene rings is 1. The molecule has 0 radical (unpaired) electrons. The molecule has 16 heavy (non-hydrogen) atoms. The smallest absolute Gasteiger partial charge is 0.190 e. The van der Waals surface area contributed by atoms with Gasteiger partial charge in [0, 0.05) is 10.6 Å². The molecule has 0 N–H and O–H groups in total. The Hall–Kier alpha value is -1.17. The Balaban J connectivity index is 2.22. The van der Waals surface area contributed by atoms with Gasteiger partial charge in [-0.1, -0.05) is 34.5 Å². The highest BCUT2D eigenvalue weighted by Gasteiger charge is 2.11. The Labute approximate surface area is 104 Å². The first-order chi connectivity index (χ1) is 7.74. The van der Waals surface area contributed by atoms with Crippen molar-refractivity contribution in [1.29, 1.82) is 0 Å². The van der Waals surface area contributed by atoms with E-state index >= 15 is 0 Å². The minimum Gasteiger partial charge on any atom is -0.190 e. The fourth-order valence-electron chi connectivity index (χ4n) is 1.33. The second-order valence-electron chi connectivity index (χ2n) is 3.09. The standard InChI is InChI=1S/C9H4Cl2N4S/c10-5-1-2-7(11)6(3-5)8-14-15-4-12-13-9(15)16-8/h1-4H. The van der Waals surface area contributed by atoms with Crippen molar-refractivity contribution in [3.63, 3.8) is 0 Å². The maximum atomic E-state index is 6.09. The number of fused-ring (bicyclic) bond motifs is 1. The first-order valence-electron chi connectivity index (χ1n) is 4.36. The molecule has 0 fully saturated rings. The van der Waals surface area contributed by atoms with Gasteiger partial charge in [-0.3, -0.25) is 0 Å². The third-order valence-electron chi connectivity index (χ3n) is 2.05.